The number of anilines is 1. The molecule has 9 heteroatoms. The van der Waals surface area contributed by atoms with Crippen molar-refractivity contribution in [1.29, 1.82) is 0 Å². The van der Waals surface area contributed by atoms with Crippen LogP contribution in [-0.4, -0.2) is 33.5 Å². The van der Waals surface area contributed by atoms with Crippen molar-refractivity contribution in [3.63, 3.8) is 0 Å². The molecule has 0 unspecified atom stereocenters. The lowest BCUT2D eigenvalue weighted by Crippen LogP contribution is -2.31. The van der Waals surface area contributed by atoms with Crippen LogP contribution in [0.3, 0.4) is 0 Å². The summed E-state index contributed by atoms with van der Waals surface area (Å²) in [5.74, 6) is -0.251. The quantitative estimate of drug-likeness (QED) is 0.690. The lowest BCUT2D eigenvalue weighted by atomic mass is 10.1. The van der Waals surface area contributed by atoms with Gasteiger partial charge in [-0.25, -0.2) is 4.98 Å². The molecule has 1 aliphatic rings. The fourth-order valence-electron chi connectivity index (χ4n) is 3.18. The number of halogens is 1. The Bertz CT molecular complexity index is 1040. The van der Waals surface area contributed by atoms with Crippen LogP contribution in [0, 0.1) is 0 Å². The van der Waals surface area contributed by atoms with Crippen LogP contribution in [0.4, 0.5) is 5.13 Å². The van der Waals surface area contributed by atoms with Gasteiger partial charge in [-0.2, -0.15) is 4.98 Å². The molecule has 1 saturated heterocycles. The maximum absolute atomic E-state index is 12.8. The molecule has 146 valence electrons. The van der Waals surface area contributed by atoms with Crippen LogP contribution in [0.25, 0.3) is 10.3 Å². The van der Waals surface area contributed by atoms with E-state index in [-0.39, 0.29) is 18.0 Å². The number of carbonyl (C=O) groups excluding carboxylic acids is 1. The Labute approximate surface area is 171 Å². The van der Waals surface area contributed by atoms with Gasteiger partial charge >= 0.3 is 0 Å². The van der Waals surface area contributed by atoms with E-state index >= 15 is 0 Å². The normalized spacial score (nSPS) is 14.4. The summed E-state index contributed by atoms with van der Waals surface area (Å²) in [5.41, 5.74) is 1.16. The Balaban J connectivity index is 1.45. The van der Waals surface area contributed by atoms with Crippen LogP contribution in [0.1, 0.15) is 24.8 Å². The third kappa shape index (κ3) is 4.18. The van der Waals surface area contributed by atoms with Gasteiger partial charge in [0.2, 0.25) is 5.91 Å². The molecular weight excluding hydrogens is 398 g/mol. The Morgan fingerprint density at radius 1 is 1.18 bits per heavy atom. The first-order chi connectivity index (χ1) is 13.6. The van der Waals surface area contributed by atoms with Gasteiger partial charge in [-0.05, 0) is 37.0 Å². The second-order valence-corrected chi connectivity index (χ2v) is 8.19. The summed E-state index contributed by atoms with van der Waals surface area (Å²) >= 11 is 7.22. The van der Waals surface area contributed by atoms with Crippen LogP contribution in [0.5, 0.6) is 0 Å². The highest BCUT2D eigenvalue weighted by atomic mass is 35.5. The number of nitrogens with one attached hydrogen (secondary N) is 1. The van der Waals surface area contributed by atoms with E-state index in [4.69, 9.17) is 11.6 Å². The van der Waals surface area contributed by atoms with E-state index in [1.165, 1.54) is 28.7 Å². The summed E-state index contributed by atoms with van der Waals surface area (Å²) in [6, 6.07) is 7.24. The maximum atomic E-state index is 12.8. The SMILES string of the molecule is O=C(Cn1cnc2nc(N3CCCCC3)sc2c1=O)NCc1ccc(Cl)cc1. The highest BCUT2D eigenvalue weighted by molar-refractivity contribution is 7.22. The topological polar surface area (TPSA) is 80.1 Å². The summed E-state index contributed by atoms with van der Waals surface area (Å²) in [4.78, 5) is 36.0. The second-order valence-electron chi connectivity index (χ2n) is 6.78. The molecule has 3 aromatic rings. The van der Waals surface area contributed by atoms with Crippen molar-refractivity contribution in [3.8, 4) is 0 Å². The highest BCUT2D eigenvalue weighted by Gasteiger charge is 2.18. The van der Waals surface area contributed by atoms with Crippen molar-refractivity contribution in [3.05, 3.63) is 51.5 Å². The fraction of sp³-hybridized carbons (Fsp3) is 0.368. The summed E-state index contributed by atoms with van der Waals surface area (Å²) in [6.07, 6.45) is 4.91. The molecule has 0 spiro atoms. The van der Waals surface area contributed by atoms with Gasteiger partial charge in [0.15, 0.2) is 10.8 Å². The molecule has 1 fully saturated rings. The lowest BCUT2D eigenvalue weighted by Gasteiger charge is -2.25. The number of rotatable bonds is 5. The lowest BCUT2D eigenvalue weighted by molar-refractivity contribution is -0.121. The van der Waals surface area contributed by atoms with Gasteiger partial charge < -0.3 is 10.2 Å². The van der Waals surface area contributed by atoms with Gasteiger partial charge in [-0.1, -0.05) is 35.1 Å². The molecule has 1 amide bonds. The van der Waals surface area contributed by atoms with Crippen LogP contribution in [0.2, 0.25) is 5.02 Å². The number of fused-ring (bicyclic) bond motifs is 1. The Morgan fingerprint density at radius 2 is 1.93 bits per heavy atom. The minimum Gasteiger partial charge on any atom is -0.350 e. The van der Waals surface area contributed by atoms with Crippen molar-refractivity contribution in [1.82, 2.24) is 19.9 Å². The number of amides is 1. The number of nitrogens with zero attached hydrogens (tertiary/aromatic N) is 4. The fourth-order valence-corrected chi connectivity index (χ4v) is 4.33. The molecule has 0 aliphatic carbocycles. The molecule has 0 radical (unpaired) electrons. The van der Waals surface area contributed by atoms with Crippen LogP contribution >= 0.6 is 22.9 Å². The molecule has 0 saturated carbocycles. The van der Waals surface area contributed by atoms with Crippen LogP contribution in [-0.2, 0) is 17.9 Å². The van der Waals surface area contributed by atoms with E-state index < -0.39 is 0 Å². The monoisotopic (exact) mass is 417 g/mol. The van der Waals surface area contributed by atoms with Gasteiger partial charge in [0.05, 0.1) is 0 Å². The van der Waals surface area contributed by atoms with Gasteiger partial charge in [0.25, 0.3) is 5.56 Å². The first-order valence-corrected chi connectivity index (χ1v) is 10.4. The number of hydrogen-bond donors (Lipinski definition) is 1. The van der Waals surface area contributed by atoms with Crippen molar-refractivity contribution in [2.24, 2.45) is 0 Å². The number of thiazole rings is 1. The third-order valence-electron chi connectivity index (χ3n) is 4.72. The third-order valence-corrected chi connectivity index (χ3v) is 6.06. The van der Waals surface area contributed by atoms with Gasteiger partial charge in [0, 0.05) is 24.7 Å². The molecule has 2 aromatic heterocycles. The molecule has 1 N–H and O–H groups in total. The molecule has 4 rings (SSSR count). The largest absolute Gasteiger partial charge is 0.350 e. The number of piperidine rings is 1. The summed E-state index contributed by atoms with van der Waals surface area (Å²) in [7, 11) is 0. The Hall–Kier alpha value is -2.45. The molecule has 0 atom stereocenters. The van der Waals surface area contributed by atoms with E-state index in [9.17, 15) is 9.59 Å². The molecule has 28 heavy (non-hydrogen) atoms. The smallest absolute Gasteiger partial charge is 0.273 e. The highest BCUT2D eigenvalue weighted by Crippen LogP contribution is 2.27. The van der Waals surface area contributed by atoms with Gasteiger partial charge in [0.1, 0.15) is 17.6 Å². The predicted molar refractivity (Wildman–Crippen MR) is 111 cm³/mol. The summed E-state index contributed by atoms with van der Waals surface area (Å²) in [5, 5.41) is 4.29. The van der Waals surface area contributed by atoms with Crippen molar-refractivity contribution in [2.75, 3.05) is 18.0 Å². The minimum absolute atomic E-state index is 0.0771. The summed E-state index contributed by atoms with van der Waals surface area (Å²) < 4.78 is 1.83. The maximum Gasteiger partial charge on any atom is 0.273 e. The average molecular weight is 418 g/mol. The molecule has 1 aliphatic heterocycles. The van der Waals surface area contributed by atoms with Crippen LogP contribution < -0.4 is 15.8 Å². The van der Waals surface area contributed by atoms with Crippen molar-refractivity contribution < 1.29 is 4.79 Å². The number of aromatic nitrogens is 3. The van der Waals surface area contributed by atoms with E-state index in [1.54, 1.807) is 12.1 Å². The Kier molecular flexibility index (Phi) is 5.59. The first kappa shape index (κ1) is 18.9. The average Bonchev–Trinajstić information content (AvgIpc) is 3.16. The number of hydrogen-bond acceptors (Lipinski definition) is 6. The predicted octanol–water partition coefficient (Wildman–Crippen LogP) is 2.81. The van der Waals surface area contributed by atoms with Crippen LogP contribution in [0.15, 0.2) is 35.4 Å². The molecule has 0 bridgehead atoms. The minimum atomic E-state index is -0.251. The zero-order chi connectivity index (χ0) is 19.5. The summed E-state index contributed by atoms with van der Waals surface area (Å²) in [6.45, 7) is 2.22. The molecule has 7 nitrogen and oxygen atoms in total. The van der Waals surface area contributed by atoms with E-state index in [2.05, 4.69) is 20.2 Å². The Morgan fingerprint density at radius 3 is 2.68 bits per heavy atom. The zero-order valence-corrected chi connectivity index (χ0v) is 16.8. The van der Waals surface area contributed by atoms with E-state index in [1.807, 2.05) is 12.1 Å². The first-order valence-electron chi connectivity index (χ1n) is 9.22. The molecule has 3 heterocycles. The van der Waals surface area contributed by atoms with Crippen molar-refractivity contribution >= 4 is 44.3 Å². The second kappa shape index (κ2) is 8.28. The van der Waals surface area contributed by atoms with Gasteiger partial charge in [-0.15, -0.1) is 0 Å². The van der Waals surface area contributed by atoms with E-state index in [0.29, 0.717) is 21.9 Å². The number of carbonyl (C=O) groups is 1. The molecule has 1 aromatic carbocycles. The van der Waals surface area contributed by atoms with Crippen molar-refractivity contribution in [2.45, 2.75) is 32.4 Å². The van der Waals surface area contributed by atoms with Gasteiger partial charge in [-0.3, -0.25) is 14.2 Å². The standard InChI is InChI=1S/C19H20ClN5O2S/c20-14-6-4-13(5-7-14)10-21-15(26)11-25-12-22-17-16(18(25)27)28-19(23-17)24-8-2-1-3-9-24/h4-7,12H,1-3,8-11H2,(H,21,26). The van der Waals surface area contributed by atoms with E-state index in [0.717, 1.165) is 36.6 Å². The molecular formula is C19H20ClN5O2S. The zero-order valence-electron chi connectivity index (χ0n) is 15.2. The number of benzene rings is 1.